The van der Waals surface area contributed by atoms with Crippen LogP contribution in [0.25, 0.3) is 0 Å². The number of benzene rings is 2. The predicted molar refractivity (Wildman–Crippen MR) is 128 cm³/mol. The quantitative estimate of drug-likeness (QED) is 0.656. The maximum Gasteiger partial charge on any atom is 0.408 e. The Hall–Kier alpha value is -3.39. The van der Waals surface area contributed by atoms with E-state index in [1.807, 2.05) is 54.6 Å². The minimum atomic E-state index is -1.21. The summed E-state index contributed by atoms with van der Waals surface area (Å²) in [5.74, 6) is -1.28. The summed E-state index contributed by atoms with van der Waals surface area (Å²) >= 11 is 5.93. The third-order valence-electron chi connectivity index (χ3n) is 4.83. The molecule has 1 aliphatic rings. The number of rotatable bonds is 5. The van der Waals surface area contributed by atoms with Crippen molar-refractivity contribution >= 4 is 40.9 Å². The first-order valence-electron chi connectivity index (χ1n) is 10.5. The average Bonchev–Trinajstić information content (AvgIpc) is 2.87. The highest BCUT2D eigenvalue weighted by molar-refractivity contribution is 6.21. The Morgan fingerprint density at radius 3 is 2.39 bits per heavy atom. The molecule has 0 saturated heterocycles. The second-order valence-corrected chi connectivity index (χ2v) is 8.83. The summed E-state index contributed by atoms with van der Waals surface area (Å²) in [7, 11) is 1.63. The lowest BCUT2D eigenvalue weighted by Gasteiger charge is -2.24. The number of fused-ring (bicyclic) bond motifs is 1. The molecular weight excluding hydrogens is 444 g/mol. The van der Waals surface area contributed by atoms with E-state index in [0.29, 0.717) is 11.4 Å². The number of halogens is 1. The molecule has 1 heterocycles. The Labute approximate surface area is 198 Å². The monoisotopic (exact) mass is 470 g/mol. The normalized spacial score (nSPS) is 16.8. The molecule has 33 heavy (non-hydrogen) atoms. The van der Waals surface area contributed by atoms with Gasteiger partial charge in [0.05, 0.1) is 17.3 Å². The highest BCUT2D eigenvalue weighted by Crippen LogP contribution is 2.27. The molecule has 3 amide bonds. The topological polar surface area (TPSA) is 100 Å². The van der Waals surface area contributed by atoms with Gasteiger partial charge in [-0.25, -0.2) is 9.79 Å². The highest BCUT2D eigenvalue weighted by Gasteiger charge is 2.33. The molecule has 1 aliphatic heterocycles. The summed E-state index contributed by atoms with van der Waals surface area (Å²) in [6, 6.07) is 15.7. The molecular formula is C24H27ClN4O4. The number of alkyl halides is 1. The number of ether oxygens (including phenoxy) is 1. The first-order valence-corrected chi connectivity index (χ1v) is 11.0. The Balaban J connectivity index is 1.91. The standard InChI is InChI=1S/C24H27ClN4O4/c1-24(2,3)33-23(32)26-17(14-25)21(30)28-20-22(31)29(4)18-13-9-8-12-16(18)19(27-20)15-10-6-5-7-11-15/h5-13,17,20H,14H2,1-4H3,(H,26,32)(H,28,30). The van der Waals surface area contributed by atoms with Crippen LogP contribution in [0.1, 0.15) is 31.9 Å². The van der Waals surface area contributed by atoms with E-state index in [1.165, 1.54) is 4.90 Å². The van der Waals surface area contributed by atoms with Crippen LogP contribution in [0.2, 0.25) is 0 Å². The Morgan fingerprint density at radius 2 is 1.76 bits per heavy atom. The van der Waals surface area contributed by atoms with Crippen LogP contribution in [0.3, 0.4) is 0 Å². The van der Waals surface area contributed by atoms with Crippen molar-refractivity contribution in [2.45, 2.75) is 38.6 Å². The zero-order valence-corrected chi connectivity index (χ0v) is 19.7. The van der Waals surface area contributed by atoms with Gasteiger partial charge in [-0.2, -0.15) is 0 Å². The molecule has 2 aromatic rings. The first kappa shape index (κ1) is 24.3. The van der Waals surface area contributed by atoms with Gasteiger partial charge in [0.2, 0.25) is 12.1 Å². The zero-order chi connectivity index (χ0) is 24.2. The summed E-state index contributed by atoms with van der Waals surface area (Å²) in [6.45, 7) is 5.12. The van der Waals surface area contributed by atoms with Gasteiger partial charge >= 0.3 is 6.09 Å². The maximum atomic E-state index is 13.2. The first-order chi connectivity index (χ1) is 15.6. The van der Waals surface area contributed by atoms with Crippen molar-refractivity contribution in [3.8, 4) is 0 Å². The Bertz CT molecular complexity index is 1070. The molecule has 2 atom stereocenters. The predicted octanol–water partition coefficient (Wildman–Crippen LogP) is 3.07. The number of likely N-dealkylation sites (N-methyl/N-ethyl adjacent to an activating group) is 1. The third-order valence-corrected chi connectivity index (χ3v) is 5.14. The molecule has 0 spiro atoms. The third kappa shape index (κ3) is 5.90. The average molecular weight is 471 g/mol. The van der Waals surface area contributed by atoms with Gasteiger partial charge in [-0.05, 0) is 26.8 Å². The molecule has 0 aromatic heterocycles. The lowest BCUT2D eigenvalue weighted by Crippen LogP contribution is -2.54. The molecule has 8 nitrogen and oxygen atoms in total. The summed E-state index contributed by atoms with van der Waals surface area (Å²) < 4.78 is 5.19. The summed E-state index contributed by atoms with van der Waals surface area (Å²) in [5, 5.41) is 5.06. The molecule has 3 rings (SSSR count). The number of nitrogens with zero attached hydrogens (tertiary/aromatic N) is 2. The van der Waals surface area contributed by atoms with E-state index in [0.717, 1.165) is 11.1 Å². The van der Waals surface area contributed by atoms with Gasteiger partial charge in [0.1, 0.15) is 11.6 Å². The number of alkyl carbamates (subject to hydrolysis) is 1. The smallest absolute Gasteiger partial charge is 0.408 e. The summed E-state index contributed by atoms with van der Waals surface area (Å²) in [5.41, 5.74) is 2.06. The van der Waals surface area contributed by atoms with E-state index in [9.17, 15) is 14.4 Å². The van der Waals surface area contributed by atoms with E-state index < -0.39 is 35.7 Å². The van der Waals surface area contributed by atoms with Crippen LogP contribution in [0.5, 0.6) is 0 Å². The van der Waals surface area contributed by atoms with Gasteiger partial charge in [-0.15, -0.1) is 11.6 Å². The molecule has 0 fully saturated rings. The van der Waals surface area contributed by atoms with Crippen LogP contribution in [0.4, 0.5) is 10.5 Å². The Morgan fingerprint density at radius 1 is 1.12 bits per heavy atom. The van der Waals surface area contributed by atoms with Gasteiger partial charge < -0.3 is 20.3 Å². The lowest BCUT2D eigenvalue weighted by molar-refractivity contribution is -0.128. The van der Waals surface area contributed by atoms with Crippen molar-refractivity contribution < 1.29 is 19.1 Å². The van der Waals surface area contributed by atoms with Crippen molar-refractivity contribution in [2.24, 2.45) is 4.99 Å². The van der Waals surface area contributed by atoms with Crippen molar-refractivity contribution in [3.05, 3.63) is 65.7 Å². The fourth-order valence-corrected chi connectivity index (χ4v) is 3.52. The molecule has 174 valence electrons. The fourth-order valence-electron chi connectivity index (χ4n) is 3.30. The minimum absolute atomic E-state index is 0.211. The van der Waals surface area contributed by atoms with Crippen molar-refractivity contribution in [1.82, 2.24) is 10.6 Å². The van der Waals surface area contributed by atoms with Gasteiger partial charge in [0.15, 0.2) is 0 Å². The minimum Gasteiger partial charge on any atom is -0.444 e. The summed E-state index contributed by atoms with van der Waals surface area (Å²) in [6.07, 6.45) is -2.00. The zero-order valence-electron chi connectivity index (χ0n) is 19.0. The number of nitrogens with one attached hydrogen (secondary N) is 2. The van der Waals surface area contributed by atoms with E-state index in [2.05, 4.69) is 15.6 Å². The summed E-state index contributed by atoms with van der Waals surface area (Å²) in [4.78, 5) is 44.3. The van der Waals surface area contributed by atoms with Crippen molar-refractivity contribution in [2.75, 3.05) is 17.8 Å². The van der Waals surface area contributed by atoms with Crippen LogP contribution < -0.4 is 15.5 Å². The number of anilines is 1. The van der Waals surface area contributed by atoms with Gasteiger partial charge in [0.25, 0.3) is 5.91 Å². The van der Waals surface area contributed by atoms with E-state index in [1.54, 1.807) is 27.8 Å². The lowest BCUT2D eigenvalue weighted by atomic mass is 10.0. The number of amides is 3. The fraction of sp³-hybridized carbons (Fsp3) is 0.333. The second kappa shape index (κ2) is 10.0. The van der Waals surface area contributed by atoms with E-state index in [4.69, 9.17) is 16.3 Å². The largest absolute Gasteiger partial charge is 0.444 e. The highest BCUT2D eigenvalue weighted by atomic mass is 35.5. The van der Waals surface area contributed by atoms with Crippen LogP contribution >= 0.6 is 11.6 Å². The maximum absolute atomic E-state index is 13.2. The number of hydrogen-bond acceptors (Lipinski definition) is 5. The van der Waals surface area contributed by atoms with Crippen LogP contribution in [0, 0.1) is 0 Å². The molecule has 0 radical (unpaired) electrons. The number of hydrogen-bond donors (Lipinski definition) is 2. The number of aliphatic imine (C=N–C) groups is 1. The molecule has 0 aliphatic carbocycles. The SMILES string of the molecule is CN1C(=O)C(NC(=O)C(CCl)NC(=O)OC(C)(C)C)N=C(c2ccccc2)c2ccccc21. The van der Waals surface area contributed by atoms with E-state index >= 15 is 0 Å². The van der Waals surface area contributed by atoms with Gasteiger partial charge in [-0.1, -0.05) is 48.5 Å². The molecule has 2 aromatic carbocycles. The van der Waals surface area contributed by atoms with Crippen molar-refractivity contribution in [1.29, 1.82) is 0 Å². The molecule has 0 bridgehead atoms. The number of carbonyl (C=O) groups excluding carboxylic acids is 3. The number of benzodiazepines with no additional fused rings is 1. The molecule has 0 saturated carbocycles. The molecule has 2 N–H and O–H groups in total. The second-order valence-electron chi connectivity index (χ2n) is 8.52. The van der Waals surface area contributed by atoms with Gasteiger partial charge in [-0.3, -0.25) is 9.59 Å². The van der Waals surface area contributed by atoms with Gasteiger partial charge in [0, 0.05) is 18.2 Å². The van der Waals surface area contributed by atoms with Crippen LogP contribution in [0.15, 0.2) is 59.6 Å². The van der Waals surface area contributed by atoms with Crippen LogP contribution in [-0.4, -0.2) is 54.4 Å². The van der Waals surface area contributed by atoms with Crippen molar-refractivity contribution in [3.63, 3.8) is 0 Å². The van der Waals surface area contributed by atoms with Crippen LogP contribution in [-0.2, 0) is 14.3 Å². The number of para-hydroxylation sites is 1. The molecule has 9 heteroatoms. The molecule has 2 unspecified atom stereocenters. The van der Waals surface area contributed by atoms with E-state index in [-0.39, 0.29) is 5.88 Å². The Kier molecular flexibility index (Phi) is 7.38. The number of carbonyl (C=O) groups is 3.